The molecular formula is C20H19F4N3O2S. The fourth-order valence-electron chi connectivity index (χ4n) is 3.12. The van der Waals surface area contributed by atoms with Crippen LogP contribution in [0.5, 0.6) is 0 Å². The second kappa shape index (κ2) is 8.86. The first-order valence-electron chi connectivity index (χ1n) is 9.02. The summed E-state index contributed by atoms with van der Waals surface area (Å²) in [4.78, 5) is 15.2. The van der Waals surface area contributed by atoms with Crippen LogP contribution in [0.15, 0.2) is 30.3 Å². The lowest BCUT2D eigenvalue weighted by molar-refractivity contribution is 0.143. The number of rotatable bonds is 6. The van der Waals surface area contributed by atoms with Crippen LogP contribution in [0.1, 0.15) is 12.5 Å². The van der Waals surface area contributed by atoms with Crippen LogP contribution >= 0.6 is 12.2 Å². The van der Waals surface area contributed by atoms with Gasteiger partial charge in [-0.2, -0.15) is 0 Å². The van der Waals surface area contributed by atoms with Gasteiger partial charge >= 0.3 is 6.09 Å². The molecule has 0 radical (unpaired) electrons. The largest absolute Gasteiger partial charge is 0.442 e. The topological polar surface area (TPSA) is 44.8 Å². The lowest BCUT2D eigenvalue weighted by Crippen LogP contribution is -2.32. The Kier molecular flexibility index (Phi) is 6.45. The van der Waals surface area contributed by atoms with E-state index in [0.29, 0.717) is 23.7 Å². The molecule has 0 saturated carbocycles. The van der Waals surface area contributed by atoms with Gasteiger partial charge in [-0.25, -0.2) is 22.4 Å². The lowest BCUT2D eigenvalue weighted by atomic mass is 10.1. The van der Waals surface area contributed by atoms with Crippen LogP contribution < -0.4 is 15.1 Å². The summed E-state index contributed by atoms with van der Waals surface area (Å²) >= 11 is 4.92. The van der Waals surface area contributed by atoms with Gasteiger partial charge in [0.1, 0.15) is 29.4 Å². The Balaban J connectivity index is 1.74. The van der Waals surface area contributed by atoms with Crippen LogP contribution in [0, 0.1) is 23.3 Å². The molecule has 1 saturated heterocycles. The molecule has 1 atom stereocenters. The van der Waals surface area contributed by atoms with Gasteiger partial charge < -0.3 is 15.0 Å². The highest BCUT2D eigenvalue weighted by atomic mass is 32.1. The molecule has 5 nitrogen and oxygen atoms in total. The molecule has 1 amide bonds. The number of hydrogen-bond donors (Lipinski definition) is 1. The first-order valence-corrected chi connectivity index (χ1v) is 9.43. The highest BCUT2D eigenvalue weighted by Gasteiger charge is 2.32. The molecule has 1 heterocycles. The summed E-state index contributed by atoms with van der Waals surface area (Å²) in [7, 11) is 1.44. The molecule has 1 aliphatic rings. The Labute approximate surface area is 176 Å². The molecule has 0 spiro atoms. The molecule has 1 aliphatic heterocycles. The number of anilines is 2. The Morgan fingerprint density at radius 3 is 2.47 bits per heavy atom. The average molecular weight is 441 g/mol. The molecule has 1 N–H and O–H groups in total. The minimum Gasteiger partial charge on any atom is -0.442 e. The maximum Gasteiger partial charge on any atom is 0.414 e. The fraction of sp³-hybridized carbons (Fsp3) is 0.300. The molecule has 160 valence electrons. The van der Waals surface area contributed by atoms with E-state index in [9.17, 15) is 22.4 Å². The van der Waals surface area contributed by atoms with Crippen molar-refractivity contribution in [3.05, 3.63) is 59.2 Å². The maximum atomic E-state index is 14.7. The van der Waals surface area contributed by atoms with E-state index < -0.39 is 35.5 Å². The van der Waals surface area contributed by atoms with Crippen molar-refractivity contribution in [1.82, 2.24) is 5.32 Å². The zero-order valence-electron chi connectivity index (χ0n) is 16.2. The number of hydrogen-bond acceptors (Lipinski definition) is 4. The summed E-state index contributed by atoms with van der Waals surface area (Å²) in [5, 5.41) is 2.91. The smallest absolute Gasteiger partial charge is 0.414 e. The van der Waals surface area contributed by atoms with E-state index in [2.05, 4.69) is 5.32 Å². The van der Waals surface area contributed by atoms with Crippen LogP contribution in [-0.2, 0) is 11.3 Å². The van der Waals surface area contributed by atoms with Gasteiger partial charge in [-0.15, -0.1) is 0 Å². The van der Waals surface area contributed by atoms with Gasteiger partial charge in [-0.3, -0.25) is 4.90 Å². The van der Waals surface area contributed by atoms with Crippen LogP contribution in [0.3, 0.4) is 0 Å². The van der Waals surface area contributed by atoms with E-state index in [1.807, 2.05) is 0 Å². The quantitative estimate of drug-likeness (QED) is 0.539. The lowest BCUT2D eigenvalue weighted by Gasteiger charge is -2.22. The molecule has 0 aliphatic carbocycles. The fourth-order valence-corrected chi connectivity index (χ4v) is 3.20. The average Bonchev–Trinajstić information content (AvgIpc) is 3.03. The summed E-state index contributed by atoms with van der Waals surface area (Å²) < 4.78 is 60.8. The zero-order chi connectivity index (χ0) is 22.0. The third-order valence-corrected chi connectivity index (χ3v) is 4.75. The third kappa shape index (κ3) is 4.81. The predicted octanol–water partition coefficient (Wildman–Crippen LogP) is 4.14. The number of carbonyl (C=O) groups excluding carboxylic acids is 1. The predicted molar refractivity (Wildman–Crippen MR) is 109 cm³/mol. The molecule has 30 heavy (non-hydrogen) atoms. The van der Waals surface area contributed by atoms with Gasteiger partial charge in [-0.05, 0) is 25.1 Å². The van der Waals surface area contributed by atoms with Crippen molar-refractivity contribution in [2.24, 2.45) is 0 Å². The number of carbonyl (C=O) groups is 1. The summed E-state index contributed by atoms with van der Waals surface area (Å²) in [5.74, 6) is -3.83. The Morgan fingerprint density at radius 2 is 1.87 bits per heavy atom. The van der Waals surface area contributed by atoms with E-state index in [1.54, 1.807) is 6.92 Å². The molecule has 10 heteroatoms. The number of ether oxygens (including phenoxy) is 1. The standard InChI is InChI=1S/C20H19F4N3O2S/c1-11(30)25-8-14-9-27(20(28)29-14)13-3-4-19(18(24)7-13)26(2)10-15-16(22)5-12(21)6-17(15)23/h3-7,14H,8-10H2,1-2H3,(H,25,30)/t14-/m0/s1. The van der Waals surface area contributed by atoms with Gasteiger partial charge in [0.2, 0.25) is 0 Å². The number of halogens is 4. The first-order chi connectivity index (χ1) is 14.2. The molecule has 0 bridgehead atoms. The Hall–Kier alpha value is -2.88. The summed E-state index contributed by atoms with van der Waals surface area (Å²) in [6, 6.07) is 5.19. The van der Waals surface area contributed by atoms with Crippen LogP contribution in [0.4, 0.5) is 33.7 Å². The molecule has 0 aromatic heterocycles. The molecule has 0 unspecified atom stereocenters. The van der Waals surface area contributed by atoms with E-state index in [4.69, 9.17) is 17.0 Å². The van der Waals surface area contributed by atoms with Gasteiger partial charge in [0.25, 0.3) is 0 Å². The zero-order valence-corrected chi connectivity index (χ0v) is 17.0. The van der Waals surface area contributed by atoms with E-state index >= 15 is 0 Å². The van der Waals surface area contributed by atoms with Crippen molar-refractivity contribution in [3.8, 4) is 0 Å². The summed E-state index contributed by atoms with van der Waals surface area (Å²) in [6.07, 6.45) is -1.05. The highest BCUT2D eigenvalue weighted by Crippen LogP contribution is 2.29. The second-order valence-electron chi connectivity index (χ2n) is 6.89. The van der Waals surface area contributed by atoms with Crippen molar-refractivity contribution in [2.45, 2.75) is 19.6 Å². The normalized spacial score (nSPS) is 15.9. The van der Waals surface area contributed by atoms with Crippen molar-refractivity contribution in [3.63, 3.8) is 0 Å². The van der Waals surface area contributed by atoms with E-state index in [-0.39, 0.29) is 30.0 Å². The Morgan fingerprint density at radius 1 is 1.20 bits per heavy atom. The van der Waals surface area contributed by atoms with E-state index in [1.165, 1.54) is 29.0 Å². The number of thiocarbonyl (C=S) groups is 1. The Bertz CT molecular complexity index is 966. The third-order valence-electron chi connectivity index (χ3n) is 4.61. The maximum absolute atomic E-state index is 14.7. The number of amides is 1. The molecule has 3 rings (SSSR count). The highest BCUT2D eigenvalue weighted by molar-refractivity contribution is 7.80. The van der Waals surface area contributed by atoms with E-state index in [0.717, 1.165) is 6.07 Å². The van der Waals surface area contributed by atoms with Crippen molar-refractivity contribution < 1.29 is 27.1 Å². The molecule has 2 aromatic carbocycles. The molecule has 2 aromatic rings. The number of benzene rings is 2. The van der Waals surface area contributed by atoms with Gasteiger partial charge in [-0.1, -0.05) is 12.2 Å². The van der Waals surface area contributed by atoms with Crippen molar-refractivity contribution >= 4 is 34.7 Å². The number of nitrogens with one attached hydrogen (secondary N) is 1. The monoisotopic (exact) mass is 441 g/mol. The van der Waals surface area contributed by atoms with Gasteiger partial charge in [0.05, 0.1) is 29.5 Å². The summed E-state index contributed by atoms with van der Waals surface area (Å²) in [5.41, 5.74) is -0.0333. The minimum absolute atomic E-state index is 0.0592. The number of nitrogens with zero attached hydrogens (tertiary/aromatic N) is 2. The molecular weight excluding hydrogens is 422 g/mol. The summed E-state index contributed by atoms with van der Waals surface area (Å²) in [6.45, 7) is 1.95. The van der Waals surface area contributed by atoms with Crippen LogP contribution in [0.25, 0.3) is 0 Å². The number of cyclic esters (lactones) is 1. The molecule has 1 fully saturated rings. The van der Waals surface area contributed by atoms with Crippen molar-refractivity contribution in [1.29, 1.82) is 0 Å². The second-order valence-corrected chi connectivity index (χ2v) is 7.51. The SMILES string of the molecule is CC(=S)NC[C@H]1CN(c2ccc(N(C)Cc3c(F)cc(F)cc3F)c(F)c2)C(=O)O1. The first kappa shape index (κ1) is 21.8. The van der Waals surface area contributed by atoms with Crippen molar-refractivity contribution in [2.75, 3.05) is 29.9 Å². The van der Waals surface area contributed by atoms with Crippen LogP contribution in [-0.4, -0.2) is 37.3 Å². The van der Waals surface area contributed by atoms with Gasteiger partial charge in [0, 0.05) is 31.3 Å². The van der Waals surface area contributed by atoms with Crippen LogP contribution in [0.2, 0.25) is 0 Å². The van der Waals surface area contributed by atoms with Gasteiger partial charge in [0.15, 0.2) is 0 Å². The minimum atomic E-state index is -1.05.